The van der Waals surface area contributed by atoms with Crippen molar-refractivity contribution in [2.75, 3.05) is 27.2 Å². The number of halogens is 1. The summed E-state index contributed by atoms with van der Waals surface area (Å²) in [5.41, 5.74) is 0.654. The van der Waals surface area contributed by atoms with Crippen LogP contribution in [0.15, 0.2) is 22.7 Å². The maximum absolute atomic E-state index is 12.8. The molecule has 0 N–H and O–H groups in total. The van der Waals surface area contributed by atoms with Gasteiger partial charge in [0.15, 0.2) is 0 Å². The molecule has 21 heavy (non-hydrogen) atoms. The van der Waals surface area contributed by atoms with E-state index in [1.807, 2.05) is 23.1 Å². The van der Waals surface area contributed by atoms with Crippen LogP contribution < -0.4 is 4.74 Å². The highest BCUT2D eigenvalue weighted by molar-refractivity contribution is 9.10. The van der Waals surface area contributed by atoms with Gasteiger partial charge >= 0.3 is 0 Å². The molecule has 5 heteroatoms. The van der Waals surface area contributed by atoms with E-state index in [1.165, 1.54) is 12.8 Å². The smallest absolute Gasteiger partial charge is 0.257 e. The fraction of sp³-hybridized carbons (Fsp3) is 0.562. The average Bonchev–Trinajstić information content (AvgIpc) is 2.71. The summed E-state index contributed by atoms with van der Waals surface area (Å²) in [5, 5.41) is 0. The van der Waals surface area contributed by atoms with Crippen LogP contribution in [-0.2, 0) is 0 Å². The second-order valence-corrected chi connectivity index (χ2v) is 6.85. The van der Waals surface area contributed by atoms with Crippen molar-refractivity contribution >= 4 is 21.8 Å². The van der Waals surface area contributed by atoms with E-state index in [-0.39, 0.29) is 5.91 Å². The summed E-state index contributed by atoms with van der Waals surface area (Å²) >= 11 is 3.42. The number of benzene rings is 1. The number of likely N-dealkylation sites (N-methyl/N-ethyl adjacent to an activating group) is 1. The molecule has 0 saturated carbocycles. The molecule has 1 aromatic carbocycles. The van der Waals surface area contributed by atoms with Crippen molar-refractivity contribution in [2.45, 2.75) is 31.3 Å². The number of amides is 1. The molecule has 2 aliphatic heterocycles. The number of methoxy groups -OCH3 is 1. The first-order valence-electron chi connectivity index (χ1n) is 7.45. The molecule has 0 aliphatic carbocycles. The minimum atomic E-state index is 0.0836. The molecule has 2 fully saturated rings. The molecule has 2 heterocycles. The van der Waals surface area contributed by atoms with Crippen LogP contribution in [0.2, 0.25) is 0 Å². The largest absolute Gasteiger partial charge is 0.496 e. The Morgan fingerprint density at radius 1 is 1.29 bits per heavy atom. The first-order chi connectivity index (χ1) is 10.1. The van der Waals surface area contributed by atoms with Crippen molar-refractivity contribution < 1.29 is 9.53 Å². The summed E-state index contributed by atoms with van der Waals surface area (Å²) in [6.45, 7) is 1.66. The molecule has 4 nitrogen and oxygen atoms in total. The molecule has 1 aromatic rings. The van der Waals surface area contributed by atoms with Gasteiger partial charge < -0.3 is 9.64 Å². The highest BCUT2D eigenvalue weighted by Gasteiger charge is 2.36. The van der Waals surface area contributed by atoms with Crippen molar-refractivity contribution in [1.82, 2.24) is 9.80 Å². The van der Waals surface area contributed by atoms with Crippen molar-refractivity contribution in [3.05, 3.63) is 28.2 Å². The molecular formula is C16H21BrN2O2. The molecule has 2 bridgehead atoms. The second kappa shape index (κ2) is 5.97. The summed E-state index contributed by atoms with van der Waals surface area (Å²) in [4.78, 5) is 17.3. The van der Waals surface area contributed by atoms with Crippen LogP contribution in [0.25, 0.3) is 0 Å². The lowest BCUT2D eigenvalue weighted by molar-refractivity contribution is 0.0737. The van der Waals surface area contributed by atoms with E-state index in [9.17, 15) is 4.79 Å². The molecule has 1 amide bonds. The van der Waals surface area contributed by atoms with Gasteiger partial charge in [-0.3, -0.25) is 9.69 Å². The number of likely N-dealkylation sites (tertiary alicyclic amines) is 1. The quantitative estimate of drug-likeness (QED) is 0.820. The van der Waals surface area contributed by atoms with E-state index in [0.717, 1.165) is 24.0 Å². The van der Waals surface area contributed by atoms with E-state index >= 15 is 0 Å². The lowest BCUT2D eigenvalue weighted by Crippen LogP contribution is -2.39. The lowest BCUT2D eigenvalue weighted by atomic mass is 10.1. The van der Waals surface area contributed by atoms with Crippen molar-refractivity contribution in [3.63, 3.8) is 0 Å². The Morgan fingerprint density at radius 2 is 2.05 bits per heavy atom. The zero-order valence-electron chi connectivity index (χ0n) is 12.5. The summed E-state index contributed by atoms with van der Waals surface area (Å²) in [6, 6.07) is 6.73. The molecule has 3 rings (SSSR count). The van der Waals surface area contributed by atoms with E-state index in [1.54, 1.807) is 7.11 Å². The Kier molecular flexibility index (Phi) is 4.22. The SMILES string of the molecule is COc1cc(Br)ccc1C(=O)N1CCC2CCC(C1)N2C. The fourth-order valence-corrected chi connectivity index (χ4v) is 3.85. The van der Waals surface area contributed by atoms with Gasteiger partial charge in [0.2, 0.25) is 0 Å². The highest BCUT2D eigenvalue weighted by atomic mass is 79.9. The maximum atomic E-state index is 12.8. The standard InChI is InChI=1S/C16H21BrN2O2/c1-18-12-4-5-13(18)10-19(8-7-12)16(20)14-6-3-11(17)9-15(14)21-2/h3,6,9,12-13H,4-5,7-8,10H2,1-2H3. The Bertz CT molecular complexity index is 549. The van der Waals surface area contributed by atoms with E-state index in [4.69, 9.17) is 4.74 Å². The third kappa shape index (κ3) is 2.81. The number of fused-ring (bicyclic) bond motifs is 2. The van der Waals surface area contributed by atoms with Crippen LogP contribution in [0, 0.1) is 0 Å². The van der Waals surface area contributed by atoms with Crippen molar-refractivity contribution in [3.8, 4) is 5.75 Å². The Morgan fingerprint density at radius 3 is 2.81 bits per heavy atom. The minimum Gasteiger partial charge on any atom is -0.496 e. The van der Waals surface area contributed by atoms with E-state index in [2.05, 4.69) is 27.9 Å². The average molecular weight is 353 g/mol. The van der Waals surface area contributed by atoms with Crippen LogP contribution in [0.4, 0.5) is 0 Å². The summed E-state index contributed by atoms with van der Waals surface area (Å²) < 4.78 is 6.29. The molecule has 2 atom stereocenters. The van der Waals surface area contributed by atoms with Gasteiger partial charge in [-0.1, -0.05) is 15.9 Å². The Balaban J connectivity index is 1.82. The normalized spacial score (nSPS) is 25.8. The Hall–Kier alpha value is -1.07. The predicted octanol–water partition coefficient (Wildman–Crippen LogP) is 2.77. The minimum absolute atomic E-state index is 0.0836. The fourth-order valence-electron chi connectivity index (χ4n) is 3.51. The monoisotopic (exact) mass is 352 g/mol. The lowest BCUT2D eigenvalue weighted by Gasteiger charge is -2.26. The number of nitrogens with zero attached hydrogens (tertiary/aromatic N) is 2. The number of ether oxygens (including phenoxy) is 1. The van der Waals surface area contributed by atoms with Gasteiger partial charge in [-0.05, 0) is 44.5 Å². The van der Waals surface area contributed by atoms with Gasteiger partial charge in [-0.15, -0.1) is 0 Å². The zero-order valence-corrected chi connectivity index (χ0v) is 14.1. The highest BCUT2D eigenvalue weighted by Crippen LogP contribution is 2.30. The predicted molar refractivity (Wildman–Crippen MR) is 85.8 cm³/mol. The van der Waals surface area contributed by atoms with Gasteiger partial charge in [0.05, 0.1) is 12.7 Å². The topological polar surface area (TPSA) is 32.8 Å². The van der Waals surface area contributed by atoms with Crippen LogP contribution >= 0.6 is 15.9 Å². The Labute approximate surface area is 134 Å². The van der Waals surface area contributed by atoms with Crippen LogP contribution in [0.3, 0.4) is 0 Å². The molecule has 2 unspecified atom stereocenters. The van der Waals surface area contributed by atoms with Gasteiger partial charge in [0, 0.05) is 29.6 Å². The van der Waals surface area contributed by atoms with Crippen LogP contribution in [0.1, 0.15) is 29.6 Å². The van der Waals surface area contributed by atoms with Gasteiger partial charge in [-0.2, -0.15) is 0 Å². The number of carbonyl (C=O) groups excluding carboxylic acids is 1. The van der Waals surface area contributed by atoms with Crippen molar-refractivity contribution in [2.24, 2.45) is 0 Å². The zero-order chi connectivity index (χ0) is 15.0. The summed E-state index contributed by atoms with van der Waals surface area (Å²) in [5.74, 6) is 0.720. The van der Waals surface area contributed by atoms with Crippen molar-refractivity contribution in [1.29, 1.82) is 0 Å². The molecule has 0 aromatic heterocycles. The van der Waals surface area contributed by atoms with Crippen LogP contribution in [0.5, 0.6) is 5.75 Å². The molecule has 0 spiro atoms. The molecule has 0 radical (unpaired) electrons. The number of hydrogen-bond donors (Lipinski definition) is 0. The third-order valence-electron chi connectivity index (χ3n) is 4.83. The number of rotatable bonds is 2. The maximum Gasteiger partial charge on any atom is 0.257 e. The third-order valence-corrected chi connectivity index (χ3v) is 5.32. The summed E-state index contributed by atoms with van der Waals surface area (Å²) in [6.07, 6.45) is 3.53. The number of carbonyl (C=O) groups is 1. The second-order valence-electron chi connectivity index (χ2n) is 5.93. The number of hydrogen-bond acceptors (Lipinski definition) is 3. The first-order valence-corrected chi connectivity index (χ1v) is 8.24. The molecule has 114 valence electrons. The summed E-state index contributed by atoms with van der Waals surface area (Å²) in [7, 11) is 3.80. The van der Waals surface area contributed by atoms with Gasteiger partial charge in [-0.25, -0.2) is 0 Å². The molecule has 2 saturated heterocycles. The van der Waals surface area contributed by atoms with Crippen LogP contribution in [-0.4, -0.2) is 55.0 Å². The molecular weight excluding hydrogens is 332 g/mol. The van der Waals surface area contributed by atoms with Gasteiger partial charge in [0.25, 0.3) is 5.91 Å². The molecule has 2 aliphatic rings. The van der Waals surface area contributed by atoms with E-state index in [0.29, 0.717) is 23.4 Å². The van der Waals surface area contributed by atoms with E-state index < -0.39 is 0 Å². The first kappa shape index (κ1) is 14.9. The van der Waals surface area contributed by atoms with Gasteiger partial charge in [0.1, 0.15) is 5.75 Å².